The van der Waals surface area contributed by atoms with Crippen molar-refractivity contribution >= 4 is 0 Å². The van der Waals surface area contributed by atoms with Crippen molar-refractivity contribution in [2.45, 2.75) is 57.7 Å². The van der Waals surface area contributed by atoms with Crippen molar-refractivity contribution in [3.63, 3.8) is 0 Å². The predicted octanol–water partition coefficient (Wildman–Crippen LogP) is 3.61. The molecule has 21 heavy (non-hydrogen) atoms. The van der Waals surface area contributed by atoms with Crippen LogP contribution >= 0.6 is 0 Å². The predicted molar refractivity (Wildman–Crippen MR) is 88.9 cm³/mol. The maximum Gasteiger partial charge on any atom is 0.118 e. The van der Waals surface area contributed by atoms with Crippen LogP contribution in [0, 0.1) is 0 Å². The van der Waals surface area contributed by atoms with Gasteiger partial charge in [-0.2, -0.15) is 0 Å². The number of benzene rings is 1. The Labute approximate surface area is 129 Å². The summed E-state index contributed by atoms with van der Waals surface area (Å²) >= 11 is 0. The molecule has 0 radical (unpaired) electrons. The Morgan fingerprint density at radius 2 is 1.90 bits per heavy atom. The Kier molecular flexibility index (Phi) is 6.07. The van der Waals surface area contributed by atoms with Crippen LogP contribution in [0.4, 0.5) is 0 Å². The van der Waals surface area contributed by atoms with E-state index in [1.165, 1.54) is 37.8 Å². The highest BCUT2D eigenvalue weighted by Gasteiger charge is 2.28. The Morgan fingerprint density at radius 1 is 1.19 bits per heavy atom. The lowest BCUT2D eigenvalue weighted by atomic mass is 9.97. The summed E-state index contributed by atoms with van der Waals surface area (Å²) in [5.41, 5.74) is 1.34. The summed E-state index contributed by atoms with van der Waals surface area (Å²) in [7, 11) is 3.78. The molecule has 2 rings (SSSR count). The molecular formula is C18H30N2O. The zero-order valence-corrected chi connectivity index (χ0v) is 13.9. The van der Waals surface area contributed by atoms with E-state index >= 15 is 0 Å². The van der Waals surface area contributed by atoms with E-state index in [1.54, 1.807) is 7.11 Å². The second-order valence-corrected chi connectivity index (χ2v) is 6.22. The van der Waals surface area contributed by atoms with Crippen molar-refractivity contribution < 1.29 is 4.74 Å². The zero-order chi connectivity index (χ0) is 15.2. The first-order valence-electron chi connectivity index (χ1n) is 8.24. The quantitative estimate of drug-likeness (QED) is 0.896. The average molecular weight is 290 g/mol. The maximum absolute atomic E-state index is 5.26. The summed E-state index contributed by atoms with van der Waals surface area (Å²) < 4.78 is 5.26. The lowest BCUT2D eigenvalue weighted by Crippen LogP contribution is -2.46. The fourth-order valence-corrected chi connectivity index (χ4v) is 3.59. The number of methoxy groups -OCH3 is 1. The molecule has 1 heterocycles. The fourth-order valence-electron chi connectivity index (χ4n) is 3.59. The molecule has 1 aliphatic rings. The average Bonchev–Trinajstić information content (AvgIpc) is 2.73. The van der Waals surface area contributed by atoms with Crippen LogP contribution in [0.3, 0.4) is 0 Å². The van der Waals surface area contributed by atoms with Crippen molar-refractivity contribution in [3.8, 4) is 5.75 Å². The van der Waals surface area contributed by atoms with Gasteiger partial charge in [0.15, 0.2) is 0 Å². The van der Waals surface area contributed by atoms with E-state index in [0.29, 0.717) is 18.1 Å². The molecular weight excluding hydrogens is 260 g/mol. The molecule has 3 heteroatoms. The topological polar surface area (TPSA) is 24.5 Å². The van der Waals surface area contributed by atoms with Gasteiger partial charge in [0, 0.05) is 18.1 Å². The van der Waals surface area contributed by atoms with Gasteiger partial charge in [0.05, 0.1) is 7.11 Å². The van der Waals surface area contributed by atoms with E-state index < -0.39 is 0 Å². The van der Waals surface area contributed by atoms with Gasteiger partial charge in [-0.25, -0.2) is 0 Å². The molecule has 0 bridgehead atoms. The number of hydrogen-bond donors (Lipinski definition) is 1. The summed E-state index contributed by atoms with van der Waals surface area (Å²) in [5.74, 6) is 0.921. The number of nitrogens with one attached hydrogen (secondary N) is 1. The highest BCUT2D eigenvalue weighted by atomic mass is 16.5. The van der Waals surface area contributed by atoms with E-state index in [2.05, 4.69) is 55.4 Å². The van der Waals surface area contributed by atoms with Gasteiger partial charge in [0.1, 0.15) is 5.75 Å². The highest BCUT2D eigenvalue weighted by Crippen LogP contribution is 2.27. The maximum atomic E-state index is 5.26. The molecule has 1 aliphatic heterocycles. The van der Waals surface area contributed by atoms with Crippen molar-refractivity contribution in [1.29, 1.82) is 0 Å². The molecule has 1 fully saturated rings. The van der Waals surface area contributed by atoms with Gasteiger partial charge in [-0.3, -0.25) is 4.90 Å². The van der Waals surface area contributed by atoms with Gasteiger partial charge in [0.2, 0.25) is 0 Å². The number of likely N-dealkylation sites (N-methyl/N-ethyl adjacent to an activating group) is 1. The lowest BCUT2D eigenvalue weighted by Gasteiger charge is -2.38. The number of ether oxygens (including phenoxy) is 1. The first-order chi connectivity index (χ1) is 10.2. The second kappa shape index (κ2) is 7.81. The summed E-state index contributed by atoms with van der Waals surface area (Å²) in [6.45, 7) is 5.95. The van der Waals surface area contributed by atoms with E-state index in [0.717, 1.165) is 5.75 Å². The van der Waals surface area contributed by atoms with Crippen molar-refractivity contribution in [3.05, 3.63) is 29.8 Å². The van der Waals surface area contributed by atoms with Crippen LogP contribution in [0.1, 0.15) is 51.1 Å². The van der Waals surface area contributed by atoms with Gasteiger partial charge in [-0.15, -0.1) is 0 Å². The SMILES string of the molecule is CNC(c1ccc(OC)cc1)C(C)N1CCCCCC1C. The van der Waals surface area contributed by atoms with Crippen molar-refractivity contribution in [1.82, 2.24) is 10.2 Å². The standard InChI is InChI=1S/C18H30N2O/c1-14-8-6-5-7-13-20(14)15(2)18(19-3)16-9-11-17(21-4)12-10-16/h9-12,14-15,18-19H,5-8,13H2,1-4H3. The molecule has 0 aromatic heterocycles. The van der Waals surface area contributed by atoms with E-state index in [1.807, 2.05) is 0 Å². The number of likely N-dealkylation sites (tertiary alicyclic amines) is 1. The third-order valence-electron chi connectivity index (χ3n) is 4.90. The van der Waals surface area contributed by atoms with Gasteiger partial charge < -0.3 is 10.1 Å². The fraction of sp³-hybridized carbons (Fsp3) is 0.667. The third kappa shape index (κ3) is 3.98. The molecule has 1 saturated heterocycles. The molecule has 0 spiro atoms. The normalized spacial score (nSPS) is 23.3. The summed E-state index contributed by atoms with van der Waals surface area (Å²) in [6, 6.07) is 10.00. The van der Waals surface area contributed by atoms with Gasteiger partial charge >= 0.3 is 0 Å². The third-order valence-corrected chi connectivity index (χ3v) is 4.90. The largest absolute Gasteiger partial charge is 0.497 e. The lowest BCUT2D eigenvalue weighted by molar-refractivity contribution is 0.128. The van der Waals surface area contributed by atoms with Crippen LogP contribution in [0.5, 0.6) is 5.75 Å². The van der Waals surface area contributed by atoms with Gasteiger partial charge in [0.25, 0.3) is 0 Å². The van der Waals surface area contributed by atoms with Crippen LogP contribution in [-0.4, -0.2) is 37.7 Å². The minimum atomic E-state index is 0.358. The molecule has 3 atom stereocenters. The molecule has 0 amide bonds. The Balaban J connectivity index is 2.14. The van der Waals surface area contributed by atoms with Crippen LogP contribution in [-0.2, 0) is 0 Å². The zero-order valence-electron chi connectivity index (χ0n) is 13.9. The summed E-state index contributed by atoms with van der Waals surface area (Å²) in [6.07, 6.45) is 5.40. The number of hydrogen-bond acceptors (Lipinski definition) is 3. The molecule has 3 unspecified atom stereocenters. The Morgan fingerprint density at radius 3 is 2.52 bits per heavy atom. The van der Waals surface area contributed by atoms with E-state index in [4.69, 9.17) is 4.74 Å². The molecule has 3 nitrogen and oxygen atoms in total. The van der Waals surface area contributed by atoms with Crippen LogP contribution in [0.15, 0.2) is 24.3 Å². The first kappa shape index (κ1) is 16.3. The Hall–Kier alpha value is -1.06. The second-order valence-electron chi connectivity index (χ2n) is 6.22. The Bertz CT molecular complexity index is 418. The van der Waals surface area contributed by atoms with Crippen molar-refractivity contribution in [2.75, 3.05) is 20.7 Å². The number of nitrogens with zero attached hydrogens (tertiary/aromatic N) is 1. The van der Waals surface area contributed by atoms with Gasteiger partial charge in [-0.05, 0) is 58.0 Å². The monoisotopic (exact) mass is 290 g/mol. The van der Waals surface area contributed by atoms with Crippen LogP contribution in [0.25, 0.3) is 0 Å². The van der Waals surface area contributed by atoms with Crippen molar-refractivity contribution in [2.24, 2.45) is 0 Å². The van der Waals surface area contributed by atoms with E-state index in [-0.39, 0.29) is 0 Å². The minimum Gasteiger partial charge on any atom is -0.497 e. The molecule has 1 N–H and O–H groups in total. The first-order valence-corrected chi connectivity index (χ1v) is 8.24. The minimum absolute atomic E-state index is 0.358. The molecule has 0 saturated carbocycles. The molecule has 0 aliphatic carbocycles. The van der Waals surface area contributed by atoms with E-state index in [9.17, 15) is 0 Å². The molecule has 1 aromatic carbocycles. The summed E-state index contributed by atoms with van der Waals surface area (Å²) in [4.78, 5) is 2.68. The smallest absolute Gasteiger partial charge is 0.118 e. The van der Waals surface area contributed by atoms with Crippen LogP contribution in [0.2, 0.25) is 0 Å². The molecule has 118 valence electrons. The summed E-state index contributed by atoms with van der Waals surface area (Å²) in [5, 5.41) is 3.51. The van der Waals surface area contributed by atoms with Crippen LogP contribution < -0.4 is 10.1 Å². The highest BCUT2D eigenvalue weighted by molar-refractivity contribution is 5.29. The number of rotatable bonds is 5. The van der Waals surface area contributed by atoms with Gasteiger partial charge in [-0.1, -0.05) is 25.0 Å². The molecule has 1 aromatic rings.